The molecule has 0 aromatic heterocycles. The third-order valence-electron chi connectivity index (χ3n) is 4.26. The first-order valence-corrected chi connectivity index (χ1v) is 9.68. The van der Waals surface area contributed by atoms with Crippen molar-refractivity contribution >= 4 is 11.8 Å². The summed E-state index contributed by atoms with van der Waals surface area (Å²) in [6.45, 7) is -0.217. The minimum atomic E-state index is -2.94. The average Bonchev–Trinajstić information content (AvgIpc) is 2.73. The number of ether oxygens (including phenoxy) is 2. The lowest BCUT2D eigenvalue weighted by Crippen LogP contribution is -2.28. The Morgan fingerprint density at radius 1 is 1.10 bits per heavy atom. The van der Waals surface area contributed by atoms with Crippen molar-refractivity contribution in [2.75, 3.05) is 20.2 Å². The molecule has 0 radical (unpaired) electrons. The number of amides is 2. The highest BCUT2D eigenvalue weighted by molar-refractivity contribution is 5.94. The standard InChI is InChI=1S/C22H26F2N2O4/c1-3-29-19-14-16(11-12-18(19)30-22(23)24)15-26(2)20(27)10-7-13-25-21(28)17-8-5-4-6-9-17/h4-6,8-9,11-12,14,22H,3,7,10,13,15H2,1-2H3,(H,25,28). The van der Waals surface area contributed by atoms with Crippen LogP contribution in [0, 0.1) is 0 Å². The number of carbonyl (C=O) groups is 2. The highest BCUT2D eigenvalue weighted by atomic mass is 19.3. The van der Waals surface area contributed by atoms with E-state index in [1.165, 1.54) is 11.0 Å². The van der Waals surface area contributed by atoms with Gasteiger partial charge in [-0.15, -0.1) is 0 Å². The van der Waals surface area contributed by atoms with Crippen molar-refractivity contribution in [2.45, 2.75) is 32.9 Å². The van der Waals surface area contributed by atoms with Crippen LogP contribution in [-0.2, 0) is 11.3 Å². The number of nitrogens with zero attached hydrogens (tertiary/aromatic N) is 1. The van der Waals surface area contributed by atoms with Crippen molar-refractivity contribution in [2.24, 2.45) is 0 Å². The third kappa shape index (κ3) is 7.35. The molecular weight excluding hydrogens is 394 g/mol. The van der Waals surface area contributed by atoms with Crippen LogP contribution in [0.2, 0.25) is 0 Å². The predicted octanol–water partition coefficient (Wildman–Crippen LogP) is 3.86. The fourth-order valence-corrected chi connectivity index (χ4v) is 2.80. The van der Waals surface area contributed by atoms with E-state index in [-0.39, 0.29) is 29.7 Å². The van der Waals surface area contributed by atoms with Gasteiger partial charge in [-0.3, -0.25) is 9.59 Å². The van der Waals surface area contributed by atoms with E-state index in [4.69, 9.17) is 4.74 Å². The maximum Gasteiger partial charge on any atom is 0.387 e. The lowest BCUT2D eigenvalue weighted by Gasteiger charge is -2.19. The molecule has 2 amide bonds. The van der Waals surface area contributed by atoms with E-state index in [2.05, 4.69) is 10.1 Å². The molecule has 0 aliphatic rings. The fourth-order valence-electron chi connectivity index (χ4n) is 2.80. The molecule has 0 saturated carbocycles. The molecule has 2 rings (SSSR count). The summed E-state index contributed by atoms with van der Waals surface area (Å²) >= 11 is 0. The predicted molar refractivity (Wildman–Crippen MR) is 109 cm³/mol. The minimum absolute atomic E-state index is 0.0428. The number of hydrogen-bond acceptors (Lipinski definition) is 4. The second-order valence-corrected chi connectivity index (χ2v) is 6.57. The average molecular weight is 420 g/mol. The summed E-state index contributed by atoms with van der Waals surface area (Å²) in [5.41, 5.74) is 1.30. The molecular formula is C22H26F2N2O4. The van der Waals surface area contributed by atoms with Gasteiger partial charge in [0, 0.05) is 32.1 Å². The molecule has 2 aromatic rings. The van der Waals surface area contributed by atoms with Crippen LogP contribution >= 0.6 is 0 Å². The van der Waals surface area contributed by atoms with Gasteiger partial charge in [-0.1, -0.05) is 24.3 Å². The van der Waals surface area contributed by atoms with Crippen LogP contribution in [0.5, 0.6) is 11.5 Å². The minimum Gasteiger partial charge on any atom is -0.490 e. The molecule has 30 heavy (non-hydrogen) atoms. The zero-order valence-electron chi connectivity index (χ0n) is 17.1. The molecule has 1 N–H and O–H groups in total. The van der Waals surface area contributed by atoms with Crippen LogP contribution in [0.25, 0.3) is 0 Å². The number of hydrogen-bond donors (Lipinski definition) is 1. The topological polar surface area (TPSA) is 67.9 Å². The normalized spacial score (nSPS) is 10.6. The quantitative estimate of drug-likeness (QED) is 0.561. The van der Waals surface area contributed by atoms with Gasteiger partial charge < -0.3 is 19.7 Å². The van der Waals surface area contributed by atoms with Gasteiger partial charge in [-0.05, 0) is 43.2 Å². The Balaban J connectivity index is 1.82. The van der Waals surface area contributed by atoms with Gasteiger partial charge in [0.15, 0.2) is 11.5 Å². The number of rotatable bonds is 11. The number of benzene rings is 2. The van der Waals surface area contributed by atoms with Crippen LogP contribution in [0.1, 0.15) is 35.7 Å². The largest absolute Gasteiger partial charge is 0.490 e. The van der Waals surface area contributed by atoms with Crippen LogP contribution in [0.4, 0.5) is 8.78 Å². The highest BCUT2D eigenvalue weighted by Gasteiger charge is 2.14. The maximum absolute atomic E-state index is 12.5. The molecule has 0 bridgehead atoms. The summed E-state index contributed by atoms with van der Waals surface area (Å²) in [5.74, 6) is -0.0979. The van der Waals surface area contributed by atoms with Crippen LogP contribution < -0.4 is 14.8 Å². The number of halogens is 2. The lowest BCUT2D eigenvalue weighted by atomic mass is 10.1. The summed E-state index contributed by atoms with van der Waals surface area (Å²) < 4.78 is 34.8. The molecule has 8 heteroatoms. The van der Waals surface area contributed by atoms with Gasteiger partial charge in [-0.2, -0.15) is 8.78 Å². The smallest absolute Gasteiger partial charge is 0.387 e. The number of alkyl halides is 2. The second kappa shape index (κ2) is 11.7. The van der Waals surface area contributed by atoms with Crippen molar-refractivity contribution in [3.63, 3.8) is 0 Å². The van der Waals surface area contributed by atoms with Crippen LogP contribution in [0.15, 0.2) is 48.5 Å². The molecule has 0 aliphatic carbocycles. The molecule has 0 heterocycles. The Morgan fingerprint density at radius 2 is 1.83 bits per heavy atom. The zero-order valence-corrected chi connectivity index (χ0v) is 17.1. The molecule has 0 aliphatic heterocycles. The van der Waals surface area contributed by atoms with Gasteiger partial charge in [0.2, 0.25) is 5.91 Å². The molecule has 0 atom stereocenters. The van der Waals surface area contributed by atoms with Gasteiger partial charge in [-0.25, -0.2) is 0 Å². The summed E-state index contributed by atoms with van der Waals surface area (Å²) in [5, 5.41) is 2.78. The second-order valence-electron chi connectivity index (χ2n) is 6.57. The fraction of sp³-hybridized carbons (Fsp3) is 0.364. The Morgan fingerprint density at radius 3 is 2.50 bits per heavy atom. The van der Waals surface area contributed by atoms with Crippen molar-refractivity contribution in [3.05, 3.63) is 59.7 Å². The first-order chi connectivity index (χ1) is 14.4. The Bertz CT molecular complexity index is 831. The van der Waals surface area contributed by atoms with Crippen LogP contribution in [0.3, 0.4) is 0 Å². The first kappa shape index (κ1) is 23.1. The summed E-state index contributed by atoms with van der Waals surface area (Å²) in [4.78, 5) is 25.9. The molecule has 2 aromatic carbocycles. The van der Waals surface area contributed by atoms with E-state index in [9.17, 15) is 18.4 Å². The van der Waals surface area contributed by atoms with Gasteiger partial charge >= 0.3 is 6.61 Å². The monoisotopic (exact) mass is 420 g/mol. The maximum atomic E-state index is 12.5. The molecule has 162 valence electrons. The van der Waals surface area contributed by atoms with E-state index in [1.807, 2.05) is 6.07 Å². The Labute approximate surface area is 174 Å². The summed E-state index contributed by atoms with van der Waals surface area (Å²) in [6, 6.07) is 13.5. The van der Waals surface area contributed by atoms with Crippen molar-refractivity contribution in [1.29, 1.82) is 0 Å². The van der Waals surface area contributed by atoms with E-state index in [1.54, 1.807) is 50.4 Å². The molecule has 0 spiro atoms. The summed E-state index contributed by atoms with van der Waals surface area (Å²) in [6.07, 6.45) is 0.781. The van der Waals surface area contributed by atoms with E-state index in [0.29, 0.717) is 31.7 Å². The summed E-state index contributed by atoms with van der Waals surface area (Å²) in [7, 11) is 1.66. The third-order valence-corrected chi connectivity index (χ3v) is 4.26. The van der Waals surface area contributed by atoms with E-state index < -0.39 is 6.61 Å². The van der Waals surface area contributed by atoms with E-state index in [0.717, 1.165) is 5.56 Å². The number of nitrogens with one attached hydrogen (secondary N) is 1. The Kier molecular flexibility index (Phi) is 9.05. The van der Waals surface area contributed by atoms with Crippen molar-refractivity contribution in [1.82, 2.24) is 10.2 Å². The lowest BCUT2D eigenvalue weighted by molar-refractivity contribution is -0.130. The van der Waals surface area contributed by atoms with Gasteiger partial charge in [0.05, 0.1) is 6.61 Å². The Hall–Kier alpha value is -3.16. The molecule has 0 unspecified atom stereocenters. The molecule has 6 nitrogen and oxygen atoms in total. The van der Waals surface area contributed by atoms with Crippen molar-refractivity contribution < 1.29 is 27.8 Å². The SMILES string of the molecule is CCOc1cc(CN(C)C(=O)CCCNC(=O)c2ccccc2)ccc1OC(F)F. The first-order valence-electron chi connectivity index (χ1n) is 9.68. The molecule has 0 fully saturated rings. The molecule has 0 saturated heterocycles. The zero-order chi connectivity index (χ0) is 21.9. The van der Waals surface area contributed by atoms with Crippen LogP contribution in [-0.4, -0.2) is 43.5 Å². The highest BCUT2D eigenvalue weighted by Crippen LogP contribution is 2.30. The van der Waals surface area contributed by atoms with E-state index >= 15 is 0 Å². The van der Waals surface area contributed by atoms with Gasteiger partial charge in [0.1, 0.15) is 0 Å². The van der Waals surface area contributed by atoms with Gasteiger partial charge in [0.25, 0.3) is 5.91 Å². The number of carbonyl (C=O) groups excluding carboxylic acids is 2. The van der Waals surface area contributed by atoms with Crippen molar-refractivity contribution in [3.8, 4) is 11.5 Å².